The van der Waals surface area contributed by atoms with Gasteiger partial charge in [-0.25, -0.2) is 0 Å². The molecule has 2 nitrogen and oxygen atoms in total. The second-order valence-corrected chi connectivity index (χ2v) is 2.67. The van der Waals surface area contributed by atoms with Gasteiger partial charge in [-0.1, -0.05) is 30.3 Å². The SMILES string of the molecule is CC(N)Cc1ccccc1.CO. The summed E-state index contributed by atoms with van der Waals surface area (Å²) in [5.41, 5.74) is 6.94. The minimum Gasteiger partial charge on any atom is -0.400 e. The summed E-state index contributed by atoms with van der Waals surface area (Å²) in [6, 6.07) is 10.6. The van der Waals surface area contributed by atoms with Crippen molar-refractivity contribution in [2.45, 2.75) is 19.4 Å². The fourth-order valence-electron chi connectivity index (χ4n) is 0.986. The number of hydrogen-bond acceptors (Lipinski definition) is 2. The van der Waals surface area contributed by atoms with Crippen LogP contribution in [0.4, 0.5) is 0 Å². The fourth-order valence-corrected chi connectivity index (χ4v) is 0.986. The van der Waals surface area contributed by atoms with E-state index in [1.54, 1.807) is 0 Å². The van der Waals surface area contributed by atoms with Gasteiger partial charge in [0, 0.05) is 13.2 Å². The van der Waals surface area contributed by atoms with Gasteiger partial charge in [-0.2, -0.15) is 0 Å². The summed E-state index contributed by atoms with van der Waals surface area (Å²) in [5, 5.41) is 7.00. The van der Waals surface area contributed by atoms with E-state index in [0.29, 0.717) is 0 Å². The zero-order chi connectivity index (χ0) is 9.40. The molecule has 1 aromatic carbocycles. The van der Waals surface area contributed by atoms with Crippen LogP contribution < -0.4 is 5.73 Å². The van der Waals surface area contributed by atoms with Gasteiger partial charge in [-0.15, -0.1) is 0 Å². The predicted molar refractivity (Wildman–Crippen MR) is 51.9 cm³/mol. The van der Waals surface area contributed by atoms with Crippen LogP contribution in [0.5, 0.6) is 0 Å². The van der Waals surface area contributed by atoms with E-state index in [4.69, 9.17) is 10.8 Å². The highest BCUT2D eigenvalue weighted by atomic mass is 16.2. The van der Waals surface area contributed by atoms with Crippen LogP contribution in [0.15, 0.2) is 30.3 Å². The first kappa shape index (κ1) is 11.1. The summed E-state index contributed by atoms with van der Waals surface area (Å²) in [5.74, 6) is 0. The Morgan fingerprint density at radius 3 is 2.17 bits per heavy atom. The van der Waals surface area contributed by atoms with Gasteiger partial charge in [0.05, 0.1) is 0 Å². The van der Waals surface area contributed by atoms with Crippen molar-refractivity contribution in [2.75, 3.05) is 7.11 Å². The van der Waals surface area contributed by atoms with Crippen LogP contribution in [0.2, 0.25) is 0 Å². The molecular weight excluding hydrogens is 150 g/mol. The predicted octanol–water partition coefficient (Wildman–Crippen LogP) is 1.18. The highest BCUT2D eigenvalue weighted by Gasteiger charge is 1.94. The molecule has 1 rings (SSSR count). The number of hydrogen-bond donors (Lipinski definition) is 2. The molecule has 0 aliphatic heterocycles. The maximum absolute atomic E-state index is 7.00. The zero-order valence-electron chi connectivity index (χ0n) is 7.70. The van der Waals surface area contributed by atoms with Crippen LogP contribution in [0.25, 0.3) is 0 Å². The van der Waals surface area contributed by atoms with Crippen molar-refractivity contribution in [1.29, 1.82) is 0 Å². The van der Waals surface area contributed by atoms with E-state index in [1.165, 1.54) is 5.56 Å². The third-order valence-corrected chi connectivity index (χ3v) is 1.40. The normalized spacial score (nSPS) is 11.3. The van der Waals surface area contributed by atoms with Crippen LogP contribution in [0, 0.1) is 0 Å². The lowest BCUT2D eigenvalue weighted by Gasteiger charge is -2.02. The standard InChI is InChI=1S/C9H13N.CH4O/c1-8(10)7-9-5-3-2-4-6-9;1-2/h2-6,8H,7,10H2,1H3;2H,1H3. The van der Waals surface area contributed by atoms with Gasteiger partial charge >= 0.3 is 0 Å². The average Bonchev–Trinajstić information content (AvgIpc) is 2.08. The van der Waals surface area contributed by atoms with E-state index in [1.807, 2.05) is 25.1 Å². The number of aliphatic hydroxyl groups excluding tert-OH is 1. The van der Waals surface area contributed by atoms with E-state index in [0.717, 1.165) is 13.5 Å². The number of benzene rings is 1. The Balaban J connectivity index is 0.000000561. The Bertz CT molecular complexity index is 184. The Morgan fingerprint density at radius 2 is 1.75 bits per heavy atom. The van der Waals surface area contributed by atoms with Gasteiger partial charge in [0.1, 0.15) is 0 Å². The molecule has 1 unspecified atom stereocenters. The Morgan fingerprint density at radius 1 is 1.25 bits per heavy atom. The quantitative estimate of drug-likeness (QED) is 0.695. The summed E-state index contributed by atoms with van der Waals surface area (Å²) in [6.07, 6.45) is 0.973. The van der Waals surface area contributed by atoms with E-state index in [9.17, 15) is 0 Å². The molecule has 68 valence electrons. The first-order valence-electron chi connectivity index (χ1n) is 4.03. The second-order valence-electron chi connectivity index (χ2n) is 2.67. The molecule has 0 saturated carbocycles. The monoisotopic (exact) mass is 167 g/mol. The van der Waals surface area contributed by atoms with Crippen molar-refractivity contribution in [2.24, 2.45) is 5.73 Å². The lowest BCUT2D eigenvalue weighted by molar-refractivity contribution is 0.399. The van der Waals surface area contributed by atoms with Crippen molar-refractivity contribution in [3.63, 3.8) is 0 Å². The zero-order valence-corrected chi connectivity index (χ0v) is 7.70. The first-order valence-corrected chi connectivity index (χ1v) is 4.03. The molecule has 0 amide bonds. The lowest BCUT2D eigenvalue weighted by Crippen LogP contribution is -2.17. The van der Waals surface area contributed by atoms with Gasteiger partial charge in [-0.3, -0.25) is 0 Å². The summed E-state index contributed by atoms with van der Waals surface area (Å²) in [7, 11) is 1.00. The molecule has 2 heteroatoms. The van der Waals surface area contributed by atoms with Crippen LogP contribution >= 0.6 is 0 Å². The molecule has 3 N–H and O–H groups in total. The van der Waals surface area contributed by atoms with Gasteiger partial charge in [0.25, 0.3) is 0 Å². The molecule has 0 spiro atoms. The highest BCUT2D eigenvalue weighted by Crippen LogP contribution is 2.00. The largest absolute Gasteiger partial charge is 0.400 e. The smallest absolute Gasteiger partial charge is 0.0319 e. The van der Waals surface area contributed by atoms with Crippen molar-refractivity contribution < 1.29 is 5.11 Å². The number of nitrogens with two attached hydrogens (primary N) is 1. The molecule has 0 aliphatic carbocycles. The molecule has 0 fully saturated rings. The maximum Gasteiger partial charge on any atom is 0.0319 e. The third-order valence-electron chi connectivity index (χ3n) is 1.40. The van der Waals surface area contributed by atoms with E-state index >= 15 is 0 Å². The number of rotatable bonds is 2. The maximum atomic E-state index is 7.00. The number of aliphatic hydroxyl groups is 1. The molecule has 1 atom stereocenters. The molecule has 12 heavy (non-hydrogen) atoms. The van der Waals surface area contributed by atoms with Gasteiger partial charge in [-0.05, 0) is 18.9 Å². The van der Waals surface area contributed by atoms with Crippen LogP contribution in [0.1, 0.15) is 12.5 Å². The minimum absolute atomic E-state index is 0.266. The molecule has 1 aromatic rings. The van der Waals surface area contributed by atoms with Crippen LogP contribution in [-0.4, -0.2) is 18.3 Å². The van der Waals surface area contributed by atoms with Crippen molar-refractivity contribution >= 4 is 0 Å². The molecule has 0 bridgehead atoms. The van der Waals surface area contributed by atoms with E-state index < -0.39 is 0 Å². The van der Waals surface area contributed by atoms with E-state index in [-0.39, 0.29) is 6.04 Å². The van der Waals surface area contributed by atoms with Crippen molar-refractivity contribution in [1.82, 2.24) is 0 Å². The minimum atomic E-state index is 0.266. The van der Waals surface area contributed by atoms with E-state index in [2.05, 4.69) is 12.1 Å². The van der Waals surface area contributed by atoms with Crippen molar-refractivity contribution in [3.8, 4) is 0 Å². The molecule has 0 saturated heterocycles. The first-order chi connectivity index (χ1) is 5.79. The molecule has 0 heterocycles. The summed E-state index contributed by atoms with van der Waals surface area (Å²) in [6.45, 7) is 2.02. The Labute approximate surface area is 74.0 Å². The molecule has 0 radical (unpaired) electrons. The molecular formula is C10H17NO. The summed E-state index contributed by atoms with van der Waals surface area (Å²) in [4.78, 5) is 0. The Kier molecular flexibility index (Phi) is 6.34. The third kappa shape index (κ3) is 4.88. The highest BCUT2D eigenvalue weighted by molar-refractivity contribution is 5.15. The summed E-state index contributed by atoms with van der Waals surface area (Å²) >= 11 is 0. The van der Waals surface area contributed by atoms with Gasteiger partial charge in [0.2, 0.25) is 0 Å². The van der Waals surface area contributed by atoms with Crippen LogP contribution in [-0.2, 0) is 6.42 Å². The molecule has 0 aromatic heterocycles. The van der Waals surface area contributed by atoms with Crippen LogP contribution in [0.3, 0.4) is 0 Å². The second kappa shape index (κ2) is 6.83. The lowest BCUT2D eigenvalue weighted by atomic mass is 10.1. The topological polar surface area (TPSA) is 46.2 Å². The fraction of sp³-hybridized carbons (Fsp3) is 0.400. The van der Waals surface area contributed by atoms with Gasteiger partial charge < -0.3 is 10.8 Å². The van der Waals surface area contributed by atoms with Gasteiger partial charge in [0.15, 0.2) is 0 Å². The molecule has 0 aliphatic rings. The van der Waals surface area contributed by atoms with Crippen molar-refractivity contribution in [3.05, 3.63) is 35.9 Å². The average molecular weight is 167 g/mol. The Hall–Kier alpha value is -0.860. The summed E-state index contributed by atoms with van der Waals surface area (Å²) < 4.78 is 0.